The number of hydrogen-bond donors (Lipinski definition) is 1. The van der Waals surface area contributed by atoms with Gasteiger partial charge in [-0.1, -0.05) is 0 Å². The van der Waals surface area contributed by atoms with Gasteiger partial charge in [0.15, 0.2) is 0 Å². The Balaban J connectivity index is 2.03. The van der Waals surface area contributed by atoms with Crippen LogP contribution in [-0.2, 0) is 5.60 Å². The van der Waals surface area contributed by atoms with Crippen molar-refractivity contribution in [3.05, 3.63) is 23.3 Å². The highest BCUT2D eigenvalue weighted by Gasteiger charge is 2.51. The highest BCUT2D eigenvalue weighted by Crippen LogP contribution is 2.43. The fraction of sp³-hybridized carbons (Fsp3) is 0.667. The monoisotopic (exact) mass is 219 g/mol. The molecule has 3 heterocycles. The summed E-state index contributed by atoms with van der Waals surface area (Å²) >= 11 is 0. The van der Waals surface area contributed by atoms with E-state index in [4.69, 9.17) is 0 Å². The number of piperidine rings is 1. The van der Waals surface area contributed by atoms with E-state index in [1.807, 2.05) is 13.8 Å². The normalized spacial score (nSPS) is 36.9. The van der Waals surface area contributed by atoms with Crippen molar-refractivity contribution < 1.29 is 5.11 Å². The molecule has 2 bridgehead atoms. The van der Waals surface area contributed by atoms with E-state index in [-0.39, 0.29) is 0 Å². The van der Waals surface area contributed by atoms with E-state index in [2.05, 4.69) is 14.9 Å². The van der Waals surface area contributed by atoms with Gasteiger partial charge in [0.25, 0.3) is 0 Å². The van der Waals surface area contributed by atoms with Gasteiger partial charge in [0.05, 0.1) is 17.1 Å². The maximum Gasteiger partial charge on any atom is 0.125 e. The van der Waals surface area contributed by atoms with Crippen LogP contribution in [0.2, 0.25) is 0 Å². The molecule has 0 aromatic carbocycles. The number of nitrogens with zero attached hydrogens (tertiary/aromatic N) is 3. The lowest BCUT2D eigenvalue weighted by atomic mass is 9.84. The summed E-state index contributed by atoms with van der Waals surface area (Å²) in [6, 6.07) is 0. The van der Waals surface area contributed by atoms with Gasteiger partial charge in [0.2, 0.25) is 0 Å². The van der Waals surface area contributed by atoms with Gasteiger partial charge < -0.3 is 5.11 Å². The molecule has 3 unspecified atom stereocenters. The summed E-state index contributed by atoms with van der Waals surface area (Å²) in [5.74, 6) is 0.336. The Hall–Kier alpha value is -1.00. The second-order valence-electron chi connectivity index (χ2n) is 5.09. The minimum absolute atomic E-state index is 0.336. The van der Waals surface area contributed by atoms with E-state index in [1.165, 1.54) is 0 Å². The van der Waals surface area contributed by atoms with Gasteiger partial charge in [-0.3, -0.25) is 14.9 Å². The molecule has 3 rings (SSSR count). The third kappa shape index (κ3) is 1.30. The average Bonchev–Trinajstić information content (AvgIpc) is 2.76. The molecule has 0 aliphatic carbocycles. The molecule has 86 valence electrons. The Morgan fingerprint density at radius 3 is 2.88 bits per heavy atom. The number of aryl methyl sites for hydroxylation is 2. The Labute approximate surface area is 95.3 Å². The van der Waals surface area contributed by atoms with Gasteiger partial charge in [-0.2, -0.15) is 0 Å². The highest BCUT2D eigenvalue weighted by molar-refractivity contribution is 5.24. The molecule has 16 heavy (non-hydrogen) atoms. The SMILES string of the molecule is Cc1cnc(C2(O)CN3CCC2C3)c(C)n1. The Morgan fingerprint density at radius 2 is 2.31 bits per heavy atom. The molecule has 4 nitrogen and oxygen atoms in total. The molecule has 1 aromatic heterocycles. The zero-order chi connectivity index (χ0) is 11.3. The van der Waals surface area contributed by atoms with Crippen molar-refractivity contribution in [1.29, 1.82) is 0 Å². The van der Waals surface area contributed by atoms with Crippen molar-refractivity contribution in [3.63, 3.8) is 0 Å². The molecule has 3 atom stereocenters. The van der Waals surface area contributed by atoms with Crippen LogP contribution in [0.15, 0.2) is 6.20 Å². The lowest BCUT2D eigenvalue weighted by molar-refractivity contribution is -0.0148. The van der Waals surface area contributed by atoms with Crippen molar-refractivity contribution in [2.24, 2.45) is 5.92 Å². The average molecular weight is 219 g/mol. The molecule has 1 N–H and O–H groups in total. The summed E-state index contributed by atoms with van der Waals surface area (Å²) in [5.41, 5.74) is 1.80. The molecule has 0 spiro atoms. The Morgan fingerprint density at radius 1 is 1.50 bits per heavy atom. The van der Waals surface area contributed by atoms with Crippen LogP contribution in [0.1, 0.15) is 23.5 Å². The first-order valence-electron chi connectivity index (χ1n) is 5.85. The molecule has 2 aliphatic heterocycles. The van der Waals surface area contributed by atoms with Crippen molar-refractivity contribution in [1.82, 2.24) is 14.9 Å². The summed E-state index contributed by atoms with van der Waals surface area (Å²) in [6.07, 6.45) is 2.83. The fourth-order valence-corrected chi connectivity index (χ4v) is 3.13. The van der Waals surface area contributed by atoms with E-state index in [1.54, 1.807) is 6.20 Å². The second kappa shape index (κ2) is 3.25. The Kier molecular flexibility index (Phi) is 2.06. The molecule has 1 aromatic rings. The predicted molar refractivity (Wildman–Crippen MR) is 59.9 cm³/mol. The van der Waals surface area contributed by atoms with Crippen LogP contribution in [0.3, 0.4) is 0 Å². The van der Waals surface area contributed by atoms with E-state index in [9.17, 15) is 5.11 Å². The smallest absolute Gasteiger partial charge is 0.125 e. The lowest BCUT2D eigenvalue weighted by Crippen LogP contribution is -2.41. The van der Waals surface area contributed by atoms with E-state index >= 15 is 0 Å². The van der Waals surface area contributed by atoms with E-state index < -0.39 is 5.60 Å². The molecule has 4 heteroatoms. The van der Waals surface area contributed by atoms with Crippen LogP contribution in [0.5, 0.6) is 0 Å². The van der Waals surface area contributed by atoms with Gasteiger partial charge in [-0.15, -0.1) is 0 Å². The van der Waals surface area contributed by atoms with Gasteiger partial charge >= 0.3 is 0 Å². The molecular weight excluding hydrogens is 202 g/mol. The topological polar surface area (TPSA) is 49.3 Å². The molecule has 0 radical (unpaired) electrons. The standard InChI is InChI=1S/C12H17N3O/c1-8-5-13-11(9(2)14-8)12(16)7-15-4-3-10(12)6-15/h5,10,16H,3-4,6-7H2,1-2H3. The summed E-state index contributed by atoms with van der Waals surface area (Å²) in [6.45, 7) is 6.71. The van der Waals surface area contributed by atoms with Gasteiger partial charge in [-0.25, -0.2) is 0 Å². The zero-order valence-corrected chi connectivity index (χ0v) is 9.77. The first kappa shape index (κ1) is 10.2. The van der Waals surface area contributed by atoms with Gasteiger partial charge in [0.1, 0.15) is 5.60 Å². The summed E-state index contributed by atoms with van der Waals surface area (Å²) in [4.78, 5) is 11.1. The summed E-state index contributed by atoms with van der Waals surface area (Å²) in [5, 5.41) is 10.8. The summed E-state index contributed by atoms with van der Waals surface area (Å²) < 4.78 is 0. The minimum atomic E-state index is -0.761. The molecule has 2 saturated heterocycles. The van der Waals surface area contributed by atoms with Gasteiger partial charge in [-0.05, 0) is 26.8 Å². The maximum absolute atomic E-state index is 10.8. The maximum atomic E-state index is 10.8. The third-order valence-corrected chi connectivity index (χ3v) is 3.89. The van der Waals surface area contributed by atoms with E-state index in [0.717, 1.165) is 43.1 Å². The number of rotatable bonds is 1. The molecule has 2 aliphatic rings. The fourth-order valence-electron chi connectivity index (χ4n) is 3.13. The first-order chi connectivity index (χ1) is 7.59. The lowest BCUT2D eigenvalue weighted by Gasteiger charge is -2.32. The van der Waals surface area contributed by atoms with Gasteiger partial charge in [0, 0.05) is 25.2 Å². The van der Waals surface area contributed by atoms with Crippen molar-refractivity contribution in [2.45, 2.75) is 25.9 Å². The van der Waals surface area contributed by atoms with Crippen LogP contribution in [0, 0.1) is 19.8 Å². The minimum Gasteiger partial charge on any atom is -0.382 e. The molecule has 2 fully saturated rings. The number of aromatic nitrogens is 2. The van der Waals surface area contributed by atoms with Crippen molar-refractivity contribution in [2.75, 3.05) is 19.6 Å². The van der Waals surface area contributed by atoms with Crippen LogP contribution < -0.4 is 0 Å². The van der Waals surface area contributed by atoms with Crippen LogP contribution in [-0.4, -0.2) is 39.6 Å². The van der Waals surface area contributed by atoms with Crippen molar-refractivity contribution in [3.8, 4) is 0 Å². The first-order valence-corrected chi connectivity index (χ1v) is 5.85. The predicted octanol–water partition coefficient (Wildman–Crippen LogP) is 0.617. The number of aliphatic hydroxyl groups is 1. The van der Waals surface area contributed by atoms with Crippen LogP contribution in [0.4, 0.5) is 0 Å². The van der Waals surface area contributed by atoms with Crippen LogP contribution >= 0.6 is 0 Å². The third-order valence-electron chi connectivity index (χ3n) is 3.89. The zero-order valence-electron chi connectivity index (χ0n) is 9.77. The summed E-state index contributed by atoms with van der Waals surface area (Å²) in [7, 11) is 0. The second-order valence-corrected chi connectivity index (χ2v) is 5.09. The van der Waals surface area contributed by atoms with E-state index in [0.29, 0.717) is 5.92 Å². The highest BCUT2D eigenvalue weighted by atomic mass is 16.3. The molecule has 0 saturated carbocycles. The number of fused-ring (bicyclic) bond motifs is 2. The molecule has 0 amide bonds. The van der Waals surface area contributed by atoms with Crippen LogP contribution in [0.25, 0.3) is 0 Å². The molecular formula is C12H17N3O. The van der Waals surface area contributed by atoms with Crippen molar-refractivity contribution >= 4 is 0 Å². The Bertz CT molecular complexity index is 434. The number of hydrogen-bond acceptors (Lipinski definition) is 4. The largest absolute Gasteiger partial charge is 0.382 e. The quantitative estimate of drug-likeness (QED) is 0.752.